The molecule has 0 saturated carbocycles. The van der Waals surface area contributed by atoms with Crippen LogP contribution in [0.3, 0.4) is 0 Å². The third-order valence-electron chi connectivity index (χ3n) is 2.80. The molecule has 0 saturated heterocycles. The van der Waals surface area contributed by atoms with Crippen LogP contribution in [0, 0.1) is 11.6 Å². The molecule has 0 spiro atoms. The van der Waals surface area contributed by atoms with E-state index in [9.17, 15) is 8.78 Å². The lowest BCUT2D eigenvalue weighted by Crippen LogP contribution is -1.92. The van der Waals surface area contributed by atoms with Crippen molar-refractivity contribution >= 4 is 0 Å². The highest BCUT2D eigenvalue weighted by Gasteiger charge is 2.08. The van der Waals surface area contributed by atoms with Gasteiger partial charge in [0.2, 0.25) is 0 Å². The van der Waals surface area contributed by atoms with Gasteiger partial charge in [-0.1, -0.05) is 0 Å². The van der Waals surface area contributed by atoms with Crippen LogP contribution in [0.15, 0.2) is 60.9 Å². The fraction of sp³-hybridized carbons (Fsp3) is 0. The maximum atomic E-state index is 14.0. The van der Waals surface area contributed by atoms with Crippen molar-refractivity contribution in [1.29, 1.82) is 0 Å². The van der Waals surface area contributed by atoms with Gasteiger partial charge in [-0.2, -0.15) is 0 Å². The van der Waals surface area contributed by atoms with Crippen molar-refractivity contribution < 1.29 is 13.5 Å². The molecule has 3 aromatic rings. The summed E-state index contributed by atoms with van der Waals surface area (Å²) in [7, 11) is 0. The molecule has 3 rings (SSSR count). The Morgan fingerprint density at radius 3 is 2.24 bits per heavy atom. The molecule has 5 heteroatoms. The Bertz CT molecular complexity index is 746. The second kappa shape index (κ2) is 5.66. The summed E-state index contributed by atoms with van der Waals surface area (Å²) < 4.78 is 32.2. The summed E-state index contributed by atoms with van der Waals surface area (Å²) >= 11 is 0. The van der Waals surface area contributed by atoms with Crippen molar-refractivity contribution in [2.75, 3.05) is 0 Å². The molecule has 0 bridgehead atoms. The molecule has 0 aliphatic heterocycles. The molecule has 0 amide bonds. The van der Waals surface area contributed by atoms with Gasteiger partial charge in [0.05, 0.1) is 0 Å². The highest BCUT2D eigenvalue weighted by atomic mass is 19.1. The van der Waals surface area contributed by atoms with Crippen LogP contribution in [0.1, 0.15) is 0 Å². The molecule has 1 aromatic heterocycles. The van der Waals surface area contributed by atoms with E-state index in [-0.39, 0.29) is 11.6 Å². The van der Waals surface area contributed by atoms with Crippen molar-refractivity contribution in [2.45, 2.75) is 0 Å². The summed E-state index contributed by atoms with van der Waals surface area (Å²) in [5, 5.41) is 0. The second-order valence-electron chi connectivity index (χ2n) is 4.27. The molecule has 104 valence electrons. The molecule has 0 unspecified atom stereocenters. The minimum atomic E-state index is -0.538. The van der Waals surface area contributed by atoms with E-state index < -0.39 is 5.82 Å². The lowest BCUT2D eigenvalue weighted by Gasteiger charge is -2.08. The molecule has 0 atom stereocenters. The molecule has 0 aliphatic rings. The summed E-state index contributed by atoms with van der Waals surface area (Å²) in [4.78, 5) is 8.11. The van der Waals surface area contributed by atoms with Gasteiger partial charge in [0.25, 0.3) is 0 Å². The topological polar surface area (TPSA) is 35.0 Å². The lowest BCUT2D eigenvalue weighted by molar-refractivity contribution is 0.441. The van der Waals surface area contributed by atoms with Crippen LogP contribution in [0.4, 0.5) is 8.78 Å². The summed E-state index contributed by atoms with van der Waals surface area (Å²) in [6, 6.07) is 11.5. The molecule has 3 nitrogen and oxygen atoms in total. The van der Waals surface area contributed by atoms with Gasteiger partial charge in [-0.15, -0.1) is 0 Å². The van der Waals surface area contributed by atoms with Gasteiger partial charge in [-0.05, 0) is 48.5 Å². The number of rotatable bonds is 3. The molecule has 0 radical (unpaired) electrons. The fourth-order valence-electron chi connectivity index (χ4n) is 1.80. The first kappa shape index (κ1) is 13.2. The normalized spacial score (nSPS) is 10.4. The third kappa shape index (κ3) is 3.02. The summed E-state index contributed by atoms with van der Waals surface area (Å²) in [5.74, 6) is -0.0614. The average Bonchev–Trinajstić information content (AvgIpc) is 2.52. The predicted molar refractivity (Wildman–Crippen MR) is 73.9 cm³/mol. The molecule has 0 aliphatic carbocycles. The van der Waals surface area contributed by atoms with E-state index in [1.54, 1.807) is 24.5 Å². The van der Waals surface area contributed by atoms with Gasteiger partial charge >= 0.3 is 0 Å². The number of hydrogen-bond acceptors (Lipinski definition) is 3. The van der Waals surface area contributed by atoms with Crippen LogP contribution >= 0.6 is 0 Å². The van der Waals surface area contributed by atoms with Gasteiger partial charge < -0.3 is 4.74 Å². The monoisotopic (exact) mass is 284 g/mol. The van der Waals surface area contributed by atoms with E-state index in [0.717, 1.165) is 0 Å². The first-order valence-corrected chi connectivity index (χ1v) is 6.23. The standard InChI is InChI=1S/C16H10F2N2O/c17-12-3-5-13(6-4-12)21-15-7-2-11(10-14(15)18)16-19-8-1-9-20-16/h1-10H. The molecular formula is C16H10F2N2O. The zero-order valence-corrected chi connectivity index (χ0v) is 10.8. The van der Waals surface area contributed by atoms with Crippen LogP contribution in [-0.2, 0) is 0 Å². The van der Waals surface area contributed by atoms with E-state index in [0.29, 0.717) is 17.1 Å². The first-order valence-electron chi connectivity index (χ1n) is 6.23. The maximum absolute atomic E-state index is 14.0. The Kier molecular flexibility index (Phi) is 3.55. The lowest BCUT2D eigenvalue weighted by atomic mass is 10.2. The number of hydrogen-bond donors (Lipinski definition) is 0. The smallest absolute Gasteiger partial charge is 0.166 e. The maximum Gasteiger partial charge on any atom is 0.166 e. The Morgan fingerprint density at radius 2 is 1.57 bits per heavy atom. The van der Waals surface area contributed by atoms with Gasteiger partial charge in [0.1, 0.15) is 11.6 Å². The summed E-state index contributed by atoms with van der Waals surface area (Å²) in [6.07, 6.45) is 3.17. The van der Waals surface area contributed by atoms with Crippen LogP contribution in [0.25, 0.3) is 11.4 Å². The molecule has 0 N–H and O–H groups in total. The third-order valence-corrected chi connectivity index (χ3v) is 2.80. The minimum absolute atomic E-state index is 0.0567. The van der Waals surface area contributed by atoms with Crippen LogP contribution < -0.4 is 4.74 Å². The van der Waals surface area contributed by atoms with Crippen molar-refractivity contribution in [3.63, 3.8) is 0 Å². The summed E-state index contributed by atoms with van der Waals surface area (Å²) in [6.45, 7) is 0. The van der Waals surface area contributed by atoms with Crippen LogP contribution in [0.2, 0.25) is 0 Å². The van der Waals surface area contributed by atoms with Crippen molar-refractivity contribution in [3.8, 4) is 22.9 Å². The number of halogens is 2. The SMILES string of the molecule is Fc1ccc(Oc2ccc(-c3ncccn3)cc2F)cc1. The Morgan fingerprint density at radius 1 is 0.857 bits per heavy atom. The Labute approximate surface area is 119 Å². The number of aromatic nitrogens is 2. The fourth-order valence-corrected chi connectivity index (χ4v) is 1.80. The Hall–Kier alpha value is -2.82. The van der Waals surface area contributed by atoms with E-state index in [2.05, 4.69) is 9.97 Å². The van der Waals surface area contributed by atoms with Gasteiger partial charge in [0.15, 0.2) is 17.4 Å². The van der Waals surface area contributed by atoms with E-state index in [1.807, 2.05) is 0 Å². The highest BCUT2D eigenvalue weighted by Crippen LogP contribution is 2.27. The molecular weight excluding hydrogens is 274 g/mol. The van der Waals surface area contributed by atoms with Crippen molar-refractivity contribution in [2.24, 2.45) is 0 Å². The first-order chi connectivity index (χ1) is 10.2. The summed E-state index contributed by atoms with van der Waals surface area (Å²) in [5.41, 5.74) is 0.555. The minimum Gasteiger partial charge on any atom is -0.454 e. The Balaban J connectivity index is 1.86. The molecule has 0 fully saturated rings. The number of nitrogens with zero attached hydrogens (tertiary/aromatic N) is 2. The predicted octanol–water partition coefficient (Wildman–Crippen LogP) is 4.21. The van der Waals surface area contributed by atoms with Gasteiger partial charge in [-0.25, -0.2) is 18.7 Å². The molecule has 1 heterocycles. The molecule has 21 heavy (non-hydrogen) atoms. The van der Waals surface area contributed by atoms with Gasteiger partial charge in [-0.3, -0.25) is 0 Å². The highest BCUT2D eigenvalue weighted by molar-refractivity contribution is 5.56. The zero-order valence-electron chi connectivity index (χ0n) is 10.8. The van der Waals surface area contributed by atoms with Crippen LogP contribution in [-0.4, -0.2) is 9.97 Å². The number of benzene rings is 2. The van der Waals surface area contributed by atoms with Gasteiger partial charge in [0, 0.05) is 18.0 Å². The molecule has 2 aromatic carbocycles. The van der Waals surface area contributed by atoms with E-state index in [4.69, 9.17) is 4.74 Å². The second-order valence-corrected chi connectivity index (χ2v) is 4.27. The van der Waals surface area contributed by atoms with Crippen LogP contribution in [0.5, 0.6) is 11.5 Å². The van der Waals surface area contributed by atoms with Crippen molar-refractivity contribution in [1.82, 2.24) is 9.97 Å². The number of ether oxygens (including phenoxy) is 1. The zero-order chi connectivity index (χ0) is 14.7. The van der Waals surface area contributed by atoms with E-state index in [1.165, 1.54) is 36.4 Å². The average molecular weight is 284 g/mol. The van der Waals surface area contributed by atoms with Crippen molar-refractivity contribution in [3.05, 3.63) is 72.6 Å². The van der Waals surface area contributed by atoms with E-state index >= 15 is 0 Å². The largest absolute Gasteiger partial charge is 0.454 e. The quantitative estimate of drug-likeness (QED) is 0.722.